The summed E-state index contributed by atoms with van der Waals surface area (Å²) in [6.45, 7) is 0. The van der Waals surface area contributed by atoms with Gasteiger partial charge >= 0.3 is 5.97 Å². The Balaban J connectivity index is 2.12. The molecule has 1 saturated carbocycles. The SMILES string of the molecule is O=C(O)C(Cc1ccc(Cl)c(Cl)c1)C1CCCC1. The van der Waals surface area contributed by atoms with Crippen molar-refractivity contribution < 1.29 is 9.90 Å². The molecule has 1 aromatic rings. The number of aliphatic carboxylic acids is 1. The summed E-state index contributed by atoms with van der Waals surface area (Å²) in [5.74, 6) is -0.699. The number of hydrogen-bond acceptors (Lipinski definition) is 1. The van der Waals surface area contributed by atoms with Gasteiger partial charge in [0.25, 0.3) is 0 Å². The van der Waals surface area contributed by atoms with Gasteiger partial charge in [-0.2, -0.15) is 0 Å². The van der Waals surface area contributed by atoms with Gasteiger partial charge in [0.1, 0.15) is 0 Å². The van der Waals surface area contributed by atoms with E-state index in [9.17, 15) is 9.90 Å². The van der Waals surface area contributed by atoms with E-state index in [1.165, 1.54) is 0 Å². The van der Waals surface area contributed by atoms with Gasteiger partial charge in [0.2, 0.25) is 0 Å². The molecule has 0 aromatic heterocycles. The van der Waals surface area contributed by atoms with Crippen molar-refractivity contribution in [2.45, 2.75) is 32.1 Å². The molecule has 2 rings (SSSR count). The molecule has 1 atom stereocenters. The third-order valence-electron chi connectivity index (χ3n) is 3.73. The standard InChI is InChI=1S/C14H16Cl2O2/c15-12-6-5-9(8-13(12)16)7-11(14(17)18)10-3-1-2-4-10/h5-6,8,10-11H,1-4,7H2,(H,17,18). The quantitative estimate of drug-likeness (QED) is 0.889. The van der Waals surface area contributed by atoms with E-state index in [2.05, 4.69) is 0 Å². The maximum Gasteiger partial charge on any atom is 0.307 e. The van der Waals surface area contributed by atoms with Crippen LogP contribution in [-0.2, 0) is 11.2 Å². The zero-order valence-corrected chi connectivity index (χ0v) is 11.5. The Morgan fingerprint density at radius 2 is 1.94 bits per heavy atom. The molecule has 0 amide bonds. The minimum absolute atomic E-state index is 0.301. The highest BCUT2D eigenvalue weighted by Crippen LogP contribution is 2.34. The van der Waals surface area contributed by atoms with Crippen LogP contribution < -0.4 is 0 Å². The van der Waals surface area contributed by atoms with Crippen LogP contribution in [0.15, 0.2) is 18.2 Å². The highest BCUT2D eigenvalue weighted by Gasteiger charge is 2.30. The Morgan fingerprint density at radius 3 is 2.50 bits per heavy atom. The highest BCUT2D eigenvalue weighted by atomic mass is 35.5. The summed E-state index contributed by atoms with van der Waals surface area (Å²) in [5, 5.41) is 10.4. The van der Waals surface area contributed by atoms with Crippen LogP contribution in [0.1, 0.15) is 31.2 Å². The second kappa shape index (κ2) is 5.94. The number of rotatable bonds is 4. The van der Waals surface area contributed by atoms with Gasteiger partial charge in [-0.05, 0) is 42.9 Å². The molecule has 0 spiro atoms. The van der Waals surface area contributed by atoms with Gasteiger partial charge in [-0.1, -0.05) is 42.1 Å². The predicted octanol–water partition coefficient (Wildman–Crippen LogP) is 4.43. The molecule has 1 aliphatic carbocycles. The van der Waals surface area contributed by atoms with Crippen LogP contribution >= 0.6 is 23.2 Å². The van der Waals surface area contributed by atoms with E-state index in [1.807, 2.05) is 6.07 Å². The molecular weight excluding hydrogens is 271 g/mol. The van der Waals surface area contributed by atoms with Crippen LogP contribution in [0.25, 0.3) is 0 Å². The fourth-order valence-electron chi connectivity index (χ4n) is 2.74. The summed E-state index contributed by atoms with van der Waals surface area (Å²) in [5.41, 5.74) is 0.948. The van der Waals surface area contributed by atoms with Crippen molar-refractivity contribution in [2.24, 2.45) is 11.8 Å². The maximum absolute atomic E-state index is 11.4. The zero-order chi connectivity index (χ0) is 13.1. The first-order valence-corrected chi connectivity index (χ1v) is 7.00. The number of carboxylic acid groups (broad SMARTS) is 1. The smallest absolute Gasteiger partial charge is 0.307 e. The molecule has 1 aromatic carbocycles. The topological polar surface area (TPSA) is 37.3 Å². The van der Waals surface area contributed by atoms with Gasteiger partial charge in [-0.3, -0.25) is 4.79 Å². The lowest BCUT2D eigenvalue weighted by Crippen LogP contribution is -2.24. The minimum atomic E-state index is -0.701. The monoisotopic (exact) mass is 286 g/mol. The second-order valence-corrected chi connectivity index (χ2v) is 5.76. The van der Waals surface area contributed by atoms with Gasteiger partial charge in [0, 0.05) is 0 Å². The molecule has 2 nitrogen and oxygen atoms in total. The molecule has 4 heteroatoms. The molecule has 0 bridgehead atoms. The Morgan fingerprint density at radius 1 is 1.28 bits per heavy atom. The van der Waals surface area contributed by atoms with E-state index < -0.39 is 5.97 Å². The number of carbonyl (C=O) groups is 1. The summed E-state index contributed by atoms with van der Waals surface area (Å²) in [6, 6.07) is 5.36. The largest absolute Gasteiger partial charge is 0.481 e. The van der Waals surface area contributed by atoms with E-state index in [4.69, 9.17) is 23.2 Å². The van der Waals surface area contributed by atoms with Crippen molar-refractivity contribution in [2.75, 3.05) is 0 Å². The number of hydrogen-bond donors (Lipinski definition) is 1. The Kier molecular flexibility index (Phi) is 4.52. The summed E-state index contributed by atoms with van der Waals surface area (Å²) in [6.07, 6.45) is 4.89. The first-order valence-electron chi connectivity index (χ1n) is 6.24. The van der Waals surface area contributed by atoms with Crippen molar-refractivity contribution in [3.05, 3.63) is 33.8 Å². The average molecular weight is 287 g/mol. The molecule has 1 N–H and O–H groups in total. The van der Waals surface area contributed by atoms with Crippen molar-refractivity contribution in [3.8, 4) is 0 Å². The van der Waals surface area contributed by atoms with Gasteiger partial charge in [0.15, 0.2) is 0 Å². The van der Waals surface area contributed by atoms with E-state index in [0.29, 0.717) is 22.4 Å². The Hall–Kier alpha value is -0.730. The molecule has 0 aliphatic heterocycles. The maximum atomic E-state index is 11.4. The summed E-state index contributed by atoms with van der Waals surface area (Å²) in [7, 11) is 0. The van der Waals surface area contributed by atoms with Crippen LogP contribution in [0.4, 0.5) is 0 Å². The Labute approximate surface area is 117 Å². The van der Waals surface area contributed by atoms with E-state index in [1.54, 1.807) is 12.1 Å². The molecule has 1 fully saturated rings. The van der Waals surface area contributed by atoms with Gasteiger partial charge in [-0.15, -0.1) is 0 Å². The highest BCUT2D eigenvalue weighted by molar-refractivity contribution is 6.42. The van der Waals surface area contributed by atoms with Crippen LogP contribution in [0.3, 0.4) is 0 Å². The minimum Gasteiger partial charge on any atom is -0.481 e. The van der Waals surface area contributed by atoms with Crippen LogP contribution in [0.2, 0.25) is 10.0 Å². The first kappa shape index (κ1) is 13.7. The van der Waals surface area contributed by atoms with E-state index in [-0.39, 0.29) is 5.92 Å². The number of halogens is 2. The fraction of sp³-hybridized carbons (Fsp3) is 0.500. The molecule has 98 valence electrons. The molecule has 1 unspecified atom stereocenters. The van der Waals surface area contributed by atoms with Crippen molar-refractivity contribution in [1.82, 2.24) is 0 Å². The molecule has 1 aliphatic rings. The third-order valence-corrected chi connectivity index (χ3v) is 4.46. The predicted molar refractivity (Wildman–Crippen MR) is 73.2 cm³/mol. The number of carboxylic acids is 1. The Bertz CT molecular complexity index is 439. The molecule has 0 saturated heterocycles. The summed E-state index contributed by atoms with van der Waals surface area (Å²) in [4.78, 5) is 11.4. The summed E-state index contributed by atoms with van der Waals surface area (Å²) < 4.78 is 0. The lowest BCUT2D eigenvalue weighted by molar-refractivity contribution is -0.143. The third kappa shape index (κ3) is 3.18. The van der Waals surface area contributed by atoms with Crippen molar-refractivity contribution in [1.29, 1.82) is 0 Å². The first-order chi connectivity index (χ1) is 8.58. The van der Waals surface area contributed by atoms with Crippen molar-refractivity contribution >= 4 is 29.2 Å². The normalized spacial score (nSPS) is 17.9. The molecule has 18 heavy (non-hydrogen) atoms. The zero-order valence-electron chi connectivity index (χ0n) is 10.0. The lowest BCUT2D eigenvalue weighted by Gasteiger charge is -2.19. The van der Waals surface area contributed by atoms with Crippen LogP contribution in [-0.4, -0.2) is 11.1 Å². The summed E-state index contributed by atoms with van der Waals surface area (Å²) >= 11 is 11.8. The van der Waals surface area contributed by atoms with Gasteiger partial charge in [0.05, 0.1) is 16.0 Å². The van der Waals surface area contributed by atoms with Crippen LogP contribution in [0.5, 0.6) is 0 Å². The average Bonchev–Trinajstić information content (AvgIpc) is 2.83. The molecule has 0 radical (unpaired) electrons. The molecule has 0 heterocycles. The number of benzene rings is 1. The fourth-order valence-corrected chi connectivity index (χ4v) is 3.06. The van der Waals surface area contributed by atoms with Gasteiger partial charge in [-0.25, -0.2) is 0 Å². The van der Waals surface area contributed by atoms with E-state index >= 15 is 0 Å². The van der Waals surface area contributed by atoms with Gasteiger partial charge < -0.3 is 5.11 Å². The van der Waals surface area contributed by atoms with E-state index in [0.717, 1.165) is 31.2 Å². The van der Waals surface area contributed by atoms with Crippen molar-refractivity contribution in [3.63, 3.8) is 0 Å². The molecular formula is C14H16Cl2O2. The lowest BCUT2D eigenvalue weighted by atomic mass is 9.86. The second-order valence-electron chi connectivity index (χ2n) is 4.94. The van der Waals surface area contributed by atoms with Crippen LogP contribution in [0, 0.1) is 11.8 Å².